The fourth-order valence-electron chi connectivity index (χ4n) is 14.9. The predicted molar refractivity (Wildman–Crippen MR) is 191 cm³/mol. The van der Waals surface area contributed by atoms with Crippen molar-refractivity contribution in [3.05, 3.63) is 0 Å². The van der Waals surface area contributed by atoms with Crippen molar-refractivity contribution >= 4 is 0 Å². The van der Waals surface area contributed by atoms with Crippen molar-refractivity contribution in [1.29, 1.82) is 0 Å². The van der Waals surface area contributed by atoms with Gasteiger partial charge in [0.05, 0.1) is 18.3 Å². The third kappa shape index (κ3) is 5.71. The lowest BCUT2D eigenvalue weighted by Crippen LogP contribution is -2.70. The fraction of sp³-hybridized carbons (Fsp3) is 1.00. The van der Waals surface area contributed by atoms with E-state index in [0.29, 0.717) is 29.1 Å². The van der Waals surface area contributed by atoms with Crippen molar-refractivity contribution in [2.75, 3.05) is 0 Å². The van der Waals surface area contributed by atoms with Crippen molar-refractivity contribution in [2.24, 2.45) is 98.6 Å². The molecule has 0 bridgehead atoms. The molecule has 6 aliphatic rings. The second kappa shape index (κ2) is 12.3. The average Bonchev–Trinajstić information content (AvgIpc) is 3.79. The molecule has 16 atom stereocenters. The molecule has 0 radical (unpaired) electrons. The molecule has 0 aliphatic heterocycles. The molecule has 15 unspecified atom stereocenters. The Morgan fingerprint density at radius 3 is 2.04 bits per heavy atom. The van der Waals surface area contributed by atoms with E-state index in [0.717, 1.165) is 48.3 Å². The summed E-state index contributed by atoms with van der Waals surface area (Å²) in [6, 6.07) is 0. The molecule has 3 heteroatoms. The molecular weight excluding hydrogens is 564 g/mol. The Labute approximate surface area is 284 Å². The first-order chi connectivity index (χ1) is 21.3. The van der Waals surface area contributed by atoms with Gasteiger partial charge in [-0.2, -0.15) is 0 Å². The summed E-state index contributed by atoms with van der Waals surface area (Å²) in [4.78, 5) is 0. The quantitative estimate of drug-likeness (QED) is 0.271. The zero-order chi connectivity index (χ0) is 33.7. The molecule has 6 saturated carbocycles. The van der Waals surface area contributed by atoms with Crippen molar-refractivity contribution in [2.45, 2.75) is 172 Å². The van der Waals surface area contributed by atoms with Gasteiger partial charge in [0.1, 0.15) is 0 Å². The molecule has 0 spiro atoms. The second-order valence-electron chi connectivity index (χ2n) is 21.3. The van der Waals surface area contributed by atoms with Crippen molar-refractivity contribution < 1.29 is 15.3 Å². The molecule has 0 saturated heterocycles. The topological polar surface area (TPSA) is 60.7 Å². The van der Waals surface area contributed by atoms with E-state index in [1.807, 2.05) is 6.92 Å². The zero-order valence-corrected chi connectivity index (χ0v) is 32.1. The van der Waals surface area contributed by atoms with Gasteiger partial charge in [-0.15, -0.1) is 0 Å². The lowest BCUT2D eigenvalue weighted by atomic mass is 9.33. The molecule has 0 aromatic heterocycles. The van der Waals surface area contributed by atoms with Crippen molar-refractivity contribution in [3.8, 4) is 0 Å². The van der Waals surface area contributed by atoms with Crippen LogP contribution in [0.3, 0.4) is 0 Å². The lowest BCUT2D eigenvalue weighted by Gasteiger charge is -2.72. The van der Waals surface area contributed by atoms with E-state index in [4.69, 9.17) is 0 Å². The molecule has 6 rings (SSSR count). The number of hydrogen-bond donors (Lipinski definition) is 3. The first-order valence-corrected chi connectivity index (χ1v) is 20.4. The largest absolute Gasteiger partial charge is 0.393 e. The van der Waals surface area contributed by atoms with Gasteiger partial charge in [0.15, 0.2) is 0 Å². The molecule has 6 fully saturated rings. The maximum absolute atomic E-state index is 12.9. The predicted octanol–water partition coefficient (Wildman–Crippen LogP) is 10.0. The van der Waals surface area contributed by atoms with E-state index in [1.165, 1.54) is 64.2 Å². The molecule has 3 nitrogen and oxygen atoms in total. The molecule has 0 aromatic carbocycles. The molecular formula is C43H76O3. The minimum absolute atomic E-state index is 0.00349. The third-order valence-electron chi connectivity index (χ3n) is 17.8. The summed E-state index contributed by atoms with van der Waals surface area (Å²) in [5.74, 6) is 7.14. The second-order valence-corrected chi connectivity index (χ2v) is 21.3. The molecule has 46 heavy (non-hydrogen) atoms. The summed E-state index contributed by atoms with van der Waals surface area (Å²) in [5, 5.41) is 36.0. The molecule has 6 aliphatic carbocycles. The van der Waals surface area contributed by atoms with Crippen LogP contribution in [0.4, 0.5) is 0 Å². The highest BCUT2D eigenvalue weighted by Crippen LogP contribution is 2.73. The highest BCUT2D eigenvalue weighted by molar-refractivity contribution is 5.19. The Balaban J connectivity index is 1.33. The average molecular weight is 641 g/mol. The summed E-state index contributed by atoms with van der Waals surface area (Å²) >= 11 is 0. The number of fused-ring (bicyclic) bond motifs is 3. The standard InChI is InChI=1S/C43H76O3/c1-24(29-14-15-29)12-13-31-20-33(30-16-18-32(19-17-30)40(6,7)8)34-22-41(9)23-42(10)21-25(2)35(28(5)44)39(46)43(42,11)27(4)37(41)38(45)36(34)26(31)3/h24-39,44-46H,12-23H2,1-11H3/t24?,25?,26?,27?,28?,30?,31?,32?,33?,34?,35?,36?,37?,38?,39?,41?,42?,43-/m1/s1. The van der Waals surface area contributed by atoms with Gasteiger partial charge in [-0.3, -0.25) is 0 Å². The van der Waals surface area contributed by atoms with Gasteiger partial charge < -0.3 is 15.3 Å². The first-order valence-electron chi connectivity index (χ1n) is 20.4. The molecule has 0 amide bonds. The summed E-state index contributed by atoms with van der Waals surface area (Å²) in [5.41, 5.74) is 0.170. The molecule has 266 valence electrons. The molecule has 3 N–H and O–H groups in total. The normalized spacial score (nSPS) is 54.3. The summed E-state index contributed by atoms with van der Waals surface area (Å²) in [6.45, 7) is 26.4. The number of rotatable bonds is 6. The van der Waals surface area contributed by atoms with Crippen LogP contribution >= 0.6 is 0 Å². The third-order valence-corrected chi connectivity index (χ3v) is 17.8. The van der Waals surface area contributed by atoms with Crippen LogP contribution < -0.4 is 0 Å². The zero-order valence-electron chi connectivity index (χ0n) is 32.1. The van der Waals surface area contributed by atoms with Crippen LogP contribution in [0.5, 0.6) is 0 Å². The van der Waals surface area contributed by atoms with E-state index >= 15 is 0 Å². The maximum atomic E-state index is 12.9. The molecule has 0 heterocycles. The van der Waals surface area contributed by atoms with E-state index in [1.54, 1.807) is 0 Å². The monoisotopic (exact) mass is 641 g/mol. The van der Waals surface area contributed by atoms with Crippen LogP contribution in [0.1, 0.15) is 153 Å². The maximum Gasteiger partial charge on any atom is 0.0656 e. The van der Waals surface area contributed by atoms with Gasteiger partial charge >= 0.3 is 0 Å². The van der Waals surface area contributed by atoms with E-state index in [-0.39, 0.29) is 40.1 Å². The van der Waals surface area contributed by atoms with E-state index in [2.05, 4.69) is 69.2 Å². The van der Waals surface area contributed by atoms with Crippen LogP contribution in [0.2, 0.25) is 0 Å². The van der Waals surface area contributed by atoms with Crippen LogP contribution in [-0.2, 0) is 0 Å². The number of aliphatic hydroxyl groups excluding tert-OH is 3. The Morgan fingerprint density at radius 1 is 0.848 bits per heavy atom. The highest BCUT2D eigenvalue weighted by Gasteiger charge is 2.70. The minimum atomic E-state index is -0.545. The van der Waals surface area contributed by atoms with E-state index in [9.17, 15) is 15.3 Å². The van der Waals surface area contributed by atoms with Crippen LogP contribution in [0.15, 0.2) is 0 Å². The summed E-state index contributed by atoms with van der Waals surface area (Å²) in [7, 11) is 0. The highest BCUT2D eigenvalue weighted by atomic mass is 16.3. The van der Waals surface area contributed by atoms with Gasteiger partial charge in [0.25, 0.3) is 0 Å². The van der Waals surface area contributed by atoms with E-state index < -0.39 is 12.2 Å². The van der Waals surface area contributed by atoms with Crippen LogP contribution in [0.25, 0.3) is 0 Å². The Bertz CT molecular complexity index is 1070. The van der Waals surface area contributed by atoms with Gasteiger partial charge in [0, 0.05) is 11.3 Å². The van der Waals surface area contributed by atoms with Crippen LogP contribution in [-0.4, -0.2) is 33.6 Å². The van der Waals surface area contributed by atoms with Crippen molar-refractivity contribution in [1.82, 2.24) is 0 Å². The number of aliphatic hydroxyl groups is 3. The summed E-state index contributed by atoms with van der Waals surface area (Å²) < 4.78 is 0. The smallest absolute Gasteiger partial charge is 0.0656 e. The lowest BCUT2D eigenvalue weighted by molar-refractivity contribution is -0.282. The van der Waals surface area contributed by atoms with Gasteiger partial charge in [0.2, 0.25) is 0 Å². The Kier molecular flexibility index (Phi) is 9.53. The van der Waals surface area contributed by atoms with Crippen molar-refractivity contribution in [3.63, 3.8) is 0 Å². The minimum Gasteiger partial charge on any atom is -0.393 e. The fourth-order valence-corrected chi connectivity index (χ4v) is 14.9. The SMILES string of the molecule is CC(O)C1C(C)CC2(C)CC3(C)CC4C(C5CCC(C(C)(C)C)CC5)CC(CCC(C)C5CC5)C(C)C4C(O)C3C(C)[C@]2(C)C1O. The van der Waals surface area contributed by atoms with Gasteiger partial charge in [-0.25, -0.2) is 0 Å². The van der Waals surface area contributed by atoms with Gasteiger partial charge in [-0.05, 0) is 165 Å². The Hall–Kier alpha value is -0.120. The number of hydrogen-bond acceptors (Lipinski definition) is 3. The van der Waals surface area contributed by atoms with Crippen LogP contribution in [0, 0.1) is 98.6 Å². The molecule has 0 aromatic rings. The summed E-state index contributed by atoms with van der Waals surface area (Å²) in [6.07, 6.45) is 14.6. The first kappa shape index (κ1) is 35.7. The Morgan fingerprint density at radius 2 is 1.48 bits per heavy atom. The van der Waals surface area contributed by atoms with Gasteiger partial charge in [-0.1, -0.05) is 75.7 Å².